The molecule has 2 N–H and O–H groups in total. The molecule has 3 rings (SSSR count). The molecule has 1 unspecified atom stereocenters. The molecule has 23 heavy (non-hydrogen) atoms. The van der Waals surface area contributed by atoms with Crippen molar-refractivity contribution in [2.45, 2.75) is 12.5 Å². The molecule has 116 valence electrons. The van der Waals surface area contributed by atoms with Crippen molar-refractivity contribution < 1.29 is 23.0 Å². The summed E-state index contributed by atoms with van der Waals surface area (Å²) in [6, 6.07) is 6.49. The number of pyridine rings is 1. The van der Waals surface area contributed by atoms with Crippen molar-refractivity contribution in [3.05, 3.63) is 47.9 Å². The van der Waals surface area contributed by atoms with Crippen molar-refractivity contribution in [1.29, 1.82) is 0 Å². The van der Waals surface area contributed by atoms with Crippen LogP contribution in [-0.4, -0.2) is 34.3 Å². The molecule has 0 amide bonds. The molecule has 2 aromatic heterocycles. The smallest absolute Gasteiger partial charge is 0.406 e. The lowest BCUT2D eigenvalue weighted by atomic mass is 9.99. The van der Waals surface area contributed by atoms with Gasteiger partial charge in [0.2, 0.25) is 0 Å². The number of aliphatic hydroxyl groups is 1. The lowest BCUT2D eigenvalue weighted by Gasteiger charge is -2.11. The molecule has 0 aliphatic carbocycles. The summed E-state index contributed by atoms with van der Waals surface area (Å²) in [6.07, 6.45) is -4.47. The van der Waals surface area contributed by atoms with Gasteiger partial charge in [0.15, 0.2) is 5.65 Å². The quantitative estimate of drug-likeness (QED) is 0.721. The monoisotopic (exact) mass is 319 g/mol. The number of alkyl halides is 3. The van der Waals surface area contributed by atoms with E-state index < -0.39 is 12.5 Å². The summed E-state index contributed by atoms with van der Waals surface area (Å²) >= 11 is 0. The van der Waals surface area contributed by atoms with E-state index in [9.17, 15) is 18.3 Å². The van der Waals surface area contributed by atoms with E-state index >= 15 is 0 Å². The average Bonchev–Trinajstić information content (AvgIpc) is 2.88. The number of nitrogens with zero attached hydrogens (tertiary/aromatic N) is 2. The van der Waals surface area contributed by atoms with Gasteiger partial charge in [-0.3, -0.25) is 0 Å². The van der Waals surface area contributed by atoms with Crippen LogP contribution in [0.4, 0.5) is 13.2 Å². The third-order valence-corrected chi connectivity index (χ3v) is 3.07. The molecule has 5 nitrogen and oxygen atoms in total. The van der Waals surface area contributed by atoms with Crippen LogP contribution in [0.3, 0.4) is 0 Å². The number of halogens is 3. The van der Waals surface area contributed by atoms with Gasteiger partial charge in [0.1, 0.15) is 25.5 Å². The fraction of sp³-hybridized carbons (Fsp3) is 0.143. The second kappa shape index (κ2) is 5.58. The van der Waals surface area contributed by atoms with Crippen LogP contribution in [-0.2, 0) is 0 Å². The molecular weight excluding hydrogens is 310 g/mol. The number of nitrogens with one attached hydrogen (secondary N) is 1. The van der Waals surface area contributed by atoms with Gasteiger partial charge < -0.3 is 14.8 Å². The first kappa shape index (κ1) is 15.4. The maximum Gasteiger partial charge on any atom is 0.573 e. The Kier molecular flexibility index (Phi) is 3.73. The Bertz CT molecular complexity index is 833. The zero-order valence-electron chi connectivity index (χ0n) is 11.5. The molecule has 0 saturated heterocycles. The van der Waals surface area contributed by atoms with E-state index in [1.807, 2.05) is 0 Å². The fourth-order valence-electron chi connectivity index (χ4n) is 2.07. The summed E-state index contributed by atoms with van der Waals surface area (Å²) in [5.74, 6) is -0.157. The average molecular weight is 319 g/mol. The van der Waals surface area contributed by atoms with Crippen LogP contribution in [0, 0.1) is 0 Å². The number of ether oxygens (including phenoxy) is 1. The predicted octanol–water partition coefficient (Wildman–Crippen LogP) is 1.73. The van der Waals surface area contributed by atoms with Crippen LogP contribution in [0.1, 0.15) is 17.5 Å². The highest BCUT2D eigenvalue weighted by molar-refractivity contribution is 6.32. The van der Waals surface area contributed by atoms with E-state index in [0.29, 0.717) is 22.2 Å². The van der Waals surface area contributed by atoms with Crippen LogP contribution in [0.5, 0.6) is 5.75 Å². The number of fused-ring (bicyclic) bond motifs is 1. The molecule has 1 atom stereocenters. The lowest BCUT2D eigenvalue weighted by molar-refractivity contribution is -0.274. The predicted molar refractivity (Wildman–Crippen MR) is 76.5 cm³/mol. The van der Waals surface area contributed by atoms with Crippen molar-refractivity contribution in [2.75, 3.05) is 0 Å². The fourth-order valence-corrected chi connectivity index (χ4v) is 2.07. The summed E-state index contributed by atoms with van der Waals surface area (Å²) < 4.78 is 40.1. The number of aliphatic hydroxyl groups excluding tert-OH is 1. The Morgan fingerprint density at radius 3 is 2.57 bits per heavy atom. The molecule has 9 heteroatoms. The standard InChI is InChI=1S/C14H9BF3N3O2/c15-8-5-10-12(19-6-8)21-13(20-10)11(22)7-1-3-9(4-2-7)23-14(16,17)18/h1-6,11,22H,(H,19,20,21). The molecule has 2 radical (unpaired) electrons. The van der Waals surface area contributed by atoms with Gasteiger partial charge in [0.25, 0.3) is 0 Å². The van der Waals surface area contributed by atoms with Crippen molar-refractivity contribution in [3.63, 3.8) is 0 Å². The van der Waals surface area contributed by atoms with E-state index in [1.165, 1.54) is 18.3 Å². The zero-order chi connectivity index (χ0) is 16.6. The Labute approximate surface area is 129 Å². The minimum Gasteiger partial charge on any atom is -0.406 e. The van der Waals surface area contributed by atoms with Gasteiger partial charge in [-0.05, 0) is 23.8 Å². The number of hydrogen-bond acceptors (Lipinski definition) is 4. The largest absolute Gasteiger partial charge is 0.573 e. The van der Waals surface area contributed by atoms with E-state index in [1.54, 1.807) is 6.07 Å². The molecule has 0 fully saturated rings. The number of H-pyrrole nitrogens is 1. The SMILES string of the molecule is [B]c1cnc2nc(C(O)c3ccc(OC(F)(F)F)cc3)[nH]c2c1. The first-order chi connectivity index (χ1) is 10.8. The number of rotatable bonds is 3. The number of benzene rings is 1. The van der Waals surface area contributed by atoms with Crippen molar-refractivity contribution >= 4 is 24.5 Å². The van der Waals surface area contributed by atoms with E-state index in [4.69, 9.17) is 7.85 Å². The summed E-state index contributed by atoms with van der Waals surface area (Å²) in [7, 11) is 5.61. The van der Waals surface area contributed by atoms with Crippen LogP contribution < -0.4 is 10.2 Å². The first-order valence-electron chi connectivity index (χ1n) is 6.47. The second-order valence-corrected chi connectivity index (χ2v) is 4.78. The maximum atomic E-state index is 12.1. The maximum absolute atomic E-state index is 12.1. The summed E-state index contributed by atoms with van der Waals surface area (Å²) in [4.78, 5) is 11.0. The van der Waals surface area contributed by atoms with E-state index in [-0.39, 0.29) is 11.6 Å². The normalized spacial score (nSPS) is 13.2. The molecule has 0 saturated carbocycles. The molecule has 0 aliphatic heterocycles. The van der Waals surface area contributed by atoms with Gasteiger partial charge >= 0.3 is 6.36 Å². The van der Waals surface area contributed by atoms with Crippen LogP contribution in [0.15, 0.2) is 36.5 Å². The van der Waals surface area contributed by atoms with Gasteiger partial charge in [0.05, 0.1) is 5.52 Å². The van der Waals surface area contributed by atoms with Crippen molar-refractivity contribution in [3.8, 4) is 5.75 Å². The Balaban J connectivity index is 1.85. The van der Waals surface area contributed by atoms with Crippen molar-refractivity contribution in [2.24, 2.45) is 0 Å². The molecule has 2 heterocycles. The molecule has 0 spiro atoms. The number of imidazole rings is 1. The Morgan fingerprint density at radius 1 is 1.22 bits per heavy atom. The summed E-state index contributed by atoms with van der Waals surface area (Å²) in [5, 5.41) is 10.3. The number of aromatic amines is 1. The van der Waals surface area contributed by atoms with Gasteiger partial charge in [-0.25, -0.2) is 9.97 Å². The van der Waals surface area contributed by atoms with Crippen LogP contribution >= 0.6 is 0 Å². The van der Waals surface area contributed by atoms with Crippen LogP contribution in [0.2, 0.25) is 0 Å². The topological polar surface area (TPSA) is 71.0 Å². The van der Waals surface area contributed by atoms with Gasteiger partial charge in [-0.1, -0.05) is 17.6 Å². The highest BCUT2D eigenvalue weighted by atomic mass is 19.4. The molecule has 0 bridgehead atoms. The third kappa shape index (κ3) is 3.45. The minimum atomic E-state index is -4.76. The van der Waals surface area contributed by atoms with E-state index in [0.717, 1.165) is 12.1 Å². The number of aromatic nitrogens is 3. The Hall–Kier alpha value is -2.55. The van der Waals surface area contributed by atoms with E-state index in [2.05, 4.69) is 19.7 Å². The second-order valence-electron chi connectivity index (χ2n) is 4.78. The van der Waals surface area contributed by atoms with Gasteiger partial charge in [-0.15, -0.1) is 13.2 Å². The molecule has 0 aliphatic rings. The first-order valence-corrected chi connectivity index (χ1v) is 6.47. The molecule has 3 aromatic rings. The minimum absolute atomic E-state index is 0.211. The highest BCUT2D eigenvalue weighted by Crippen LogP contribution is 2.26. The van der Waals surface area contributed by atoms with Gasteiger partial charge in [-0.2, -0.15) is 0 Å². The number of hydrogen-bond donors (Lipinski definition) is 2. The molecule has 1 aromatic carbocycles. The van der Waals surface area contributed by atoms with Gasteiger partial charge in [0, 0.05) is 6.20 Å². The summed E-state index contributed by atoms with van der Waals surface area (Å²) in [6.45, 7) is 0. The Morgan fingerprint density at radius 2 is 1.91 bits per heavy atom. The molecular formula is C14H9BF3N3O2. The van der Waals surface area contributed by atoms with Crippen molar-refractivity contribution in [1.82, 2.24) is 15.0 Å². The highest BCUT2D eigenvalue weighted by Gasteiger charge is 2.31. The van der Waals surface area contributed by atoms with Crippen LogP contribution in [0.25, 0.3) is 11.2 Å². The zero-order valence-corrected chi connectivity index (χ0v) is 11.5. The summed E-state index contributed by atoms with van der Waals surface area (Å²) in [5.41, 5.74) is 1.73. The third-order valence-electron chi connectivity index (χ3n) is 3.07. The lowest BCUT2D eigenvalue weighted by Crippen LogP contribution is -2.17.